The molecule has 3 nitrogen and oxygen atoms in total. The molecule has 0 aliphatic heterocycles. The molecule has 0 bridgehead atoms. The van der Waals surface area contributed by atoms with E-state index in [1.165, 1.54) is 32.0 Å². The molecule has 1 aliphatic rings. The number of hydrogen-bond acceptors (Lipinski definition) is 3. The lowest BCUT2D eigenvalue weighted by atomic mass is 9.83. The summed E-state index contributed by atoms with van der Waals surface area (Å²) in [7, 11) is 0. The van der Waals surface area contributed by atoms with Gasteiger partial charge in [0.15, 0.2) is 11.6 Å². The molecule has 1 aliphatic carbocycles. The predicted octanol–water partition coefficient (Wildman–Crippen LogP) is 3.42. The van der Waals surface area contributed by atoms with Gasteiger partial charge in [-0.15, -0.1) is 0 Å². The second-order valence-corrected chi connectivity index (χ2v) is 5.34. The predicted molar refractivity (Wildman–Crippen MR) is 71.0 cm³/mol. The van der Waals surface area contributed by atoms with E-state index in [-0.39, 0.29) is 5.82 Å². The molecular formula is C14H22FN3. The van der Waals surface area contributed by atoms with Gasteiger partial charge < -0.3 is 5.32 Å². The van der Waals surface area contributed by atoms with Crippen LogP contribution in [0.4, 0.5) is 10.2 Å². The van der Waals surface area contributed by atoms with E-state index in [4.69, 9.17) is 0 Å². The van der Waals surface area contributed by atoms with Gasteiger partial charge in [-0.3, -0.25) is 0 Å². The van der Waals surface area contributed by atoms with E-state index < -0.39 is 0 Å². The summed E-state index contributed by atoms with van der Waals surface area (Å²) < 4.78 is 13.9. The first-order chi connectivity index (χ1) is 8.70. The van der Waals surface area contributed by atoms with Crippen molar-refractivity contribution < 1.29 is 4.39 Å². The van der Waals surface area contributed by atoms with Crippen LogP contribution in [0.25, 0.3) is 0 Å². The number of aryl methyl sites for hydroxylation is 1. The van der Waals surface area contributed by atoms with E-state index in [2.05, 4.69) is 22.2 Å². The van der Waals surface area contributed by atoms with Crippen molar-refractivity contribution in [1.82, 2.24) is 9.97 Å². The fraction of sp³-hybridized carbons (Fsp3) is 0.714. The number of nitrogens with zero attached hydrogens (tertiary/aromatic N) is 2. The van der Waals surface area contributed by atoms with E-state index in [9.17, 15) is 4.39 Å². The molecule has 2 rings (SSSR count). The minimum atomic E-state index is -0.288. The molecule has 18 heavy (non-hydrogen) atoms. The van der Waals surface area contributed by atoms with Crippen molar-refractivity contribution in [3.05, 3.63) is 17.8 Å². The first-order valence-corrected chi connectivity index (χ1v) is 6.94. The van der Waals surface area contributed by atoms with Crippen molar-refractivity contribution >= 4 is 5.82 Å². The second-order valence-electron chi connectivity index (χ2n) is 5.34. The van der Waals surface area contributed by atoms with Gasteiger partial charge >= 0.3 is 0 Å². The number of anilines is 1. The third-order valence-corrected chi connectivity index (χ3v) is 3.89. The summed E-state index contributed by atoms with van der Waals surface area (Å²) in [4.78, 5) is 7.93. The summed E-state index contributed by atoms with van der Waals surface area (Å²) >= 11 is 0. The smallest absolute Gasteiger partial charge is 0.186 e. The number of nitrogens with one attached hydrogen (secondary N) is 1. The molecule has 1 saturated carbocycles. The molecule has 0 atom stereocenters. The quantitative estimate of drug-likeness (QED) is 0.891. The first-order valence-electron chi connectivity index (χ1n) is 6.94. The highest BCUT2D eigenvalue weighted by molar-refractivity contribution is 5.37. The average molecular weight is 251 g/mol. The van der Waals surface area contributed by atoms with Crippen LogP contribution < -0.4 is 5.32 Å². The summed E-state index contributed by atoms with van der Waals surface area (Å²) in [5, 5.41) is 3.15. The maximum absolute atomic E-state index is 13.9. The van der Waals surface area contributed by atoms with Crippen LogP contribution in [-0.4, -0.2) is 16.5 Å². The third-order valence-electron chi connectivity index (χ3n) is 3.89. The molecule has 0 radical (unpaired) electrons. The van der Waals surface area contributed by atoms with Crippen LogP contribution in [0.3, 0.4) is 0 Å². The normalized spacial score (nSPS) is 23.9. The summed E-state index contributed by atoms with van der Waals surface area (Å²) in [5.74, 6) is 1.58. The Morgan fingerprint density at radius 2 is 2.00 bits per heavy atom. The van der Waals surface area contributed by atoms with Crippen molar-refractivity contribution in [1.29, 1.82) is 0 Å². The molecule has 4 heteroatoms. The molecule has 0 amide bonds. The van der Waals surface area contributed by atoms with Crippen molar-refractivity contribution in [3.63, 3.8) is 0 Å². The SMILES string of the molecule is CCc1ncnc(NCC2CCC(C)CC2)c1F. The Labute approximate surface area is 108 Å². The second kappa shape index (κ2) is 6.12. The van der Waals surface area contributed by atoms with Gasteiger partial charge in [0.05, 0.1) is 5.69 Å². The van der Waals surface area contributed by atoms with Gasteiger partial charge in [-0.25, -0.2) is 14.4 Å². The van der Waals surface area contributed by atoms with Crippen LogP contribution in [0.1, 0.15) is 45.2 Å². The Hall–Kier alpha value is -1.19. The minimum Gasteiger partial charge on any atom is -0.367 e. The fourth-order valence-electron chi connectivity index (χ4n) is 2.55. The van der Waals surface area contributed by atoms with Gasteiger partial charge in [-0.05, 0) is 31.1 Å². The Kier molecular flexibility index (Phi) is 4.50. The van der Waals surface area contributed by atoms with Gasteiger partial charge in [0.25, 0.3) is 0 Å². The van der Waals surface area contributed by atoms with Gasteiger partial charge in [0, 0.05) is 6.54 Å². The van der Waals surface area contributed by atoms with Crippen LogP contribution >= 0.6 is 0 Å². The Balaban J connectivity index is 1.90. The molecule has 1 heterocycles. The van der Waals surface area contributed by atoms with Gasteiger partial charge in [0.2, 0.25) is 0 Å². The fourth-order valence-corrected chi connectivity index (χ4v) is 2.55. The van der Waals surface area contributed by atoms with Crippen LogP contribution in [0, 0.1) is 17.7 Å². The van der Waals surface area contributed by atoms with Crippen LogP contribution in [-0.2, 0) is 6.42 Å². The summed E-state index contributed by atoms with van der Waals surface area (Å²) in [6.07, 6.45) is 7.10. The molecule has 0 aromatic carbocycles. The maximum Gasteiger partial charge on any atom is 0.186 e. The molecule has 0 saturated heterocycles. The van der Waals surface area contributed by atoms with Crippen LogP contribution in [0.2, 0.25) is 0 Å². The topological polar surface area (TPSA) is 37.8 Å². The highest BCUT2D eigenvalue weighted by Crippen LogP contribution is 2.28. The summed E-state index contributed by atoms with van der Waals surface area (Å²) in [6.45, 7) is 5.03. The van der Waals surface area contributed by atoms with E-state index in [0.717, 1.165) is 12.5 Å². The monoisotopic (exact) mass is 251 g/mol. The first kappa shape index (κ1) is 13.2. The van der Waals surface area contributed by atoms with Crippen LogP contribution in [0.15, 0.2) is 6.33 Å². The van der Waals surface area contributed by atoms with Crippen molar-refractivity contribution in [2.24, 2.45) is 11.8 Å². The van der Waals surface area contributed by atoms with E-state index in [1.54, 1.807) is 0 Å². The Morgan fingerprint density at radius 1 is 1.28 bits per heavy atom. The lowest BCUT2D eigenvalue weighted by Gasteiger charge is -2.26. The largest absolute Gasteiger partial charge is 0.367 e. The third kappa shape index (κ3) is 3.18. The zero-order valence-electron chi connectivity index (χ0n) is 11.2. The lowest BCUT2D eigenvalue weighted by Crippen LogP contribution is -2.21. The highest BCUT2D eigenvalue weighted by atomic mass is 19.1. The standard InChI is InChI=1S/C14H22FN3/c1-3-12-13(15)14(18-9-17-12)16-8-11-6-4-10(2)5-7-11/h9-11H,3-8H2,1-2H3,(H,16,17,18). The average Bonchev–Trinajstić information content (AvgIpc) is 2.39. The molecule has 1 N–H and O–H groups in total. The molecule has 1 aromatic heterocycles. The van der Waals surface area contributed by atoms with Crippen molar-refractivity contribution in [2.75, 3.05) is 11.9 Å². The van der Waals surface area contributed by atoms with Crippen molar-refractivity contribution in [3.8, 4) is 0 Å². The molecular weight excluding hydrogens is 229 g/mol. The molecule has 0 spiro atoms. The Bertz CT molecular complexity index is 387. The molecule has 0 unspecified atom stereocenters. The zero-order valence-corrected chi connectivity index (χ0v) is 11.2. The van der Waals surface area contributed by atoms with Crippen molar-refractivity contribution in [2.45, 2.75) is 46.0 Å². The van der Waals surface area contributed by atoms with Gasteiger partial charge in [-0.2, -0.15) is 0 Å². The molecule has 1 fully saturated rings. The molecule has 100 valence electrons. The maximum atomic E-state index is 13.9. The number of aromatic nitrogens is 2. The van der Waals surface area contributed by atoms with Crippen LogP contribution in [0.5, 0.6) is 0 Å². The number of hydrogen-bond donors (Lipinski definition) is 1. The molecule has 1 aromatic rings. The van der Waals surface area contributed by atoms with Gasteiger partial charge in [0.1, 0.15) is 6.33 Å². The highest BCUT2D eigenvalue weighted by Gasteiger charge is 2.18. The summed E-state index contributed by atoms with van der Waals surface area (Å²) in [6, 6.07) is 0. The van der Waals surface area contributed by atoms with Gasteiger partial charge in [-0.1, -0.05) is 26.7 Å². The van der Waals surface area contributed by atoms with E-state index in [1.807, 2.05) is 6.92 Å². The summed E-state index contributed by atoms with van der Waals surface area (Å²) in [5.41, 5.74) is 0.491. The van der Waals surface area contributed by atoms with E-state index in [0.29, 0.717) is 23.9 Å². The zero-order chi connectivity index (χ0) is 13.0. The number of rotatable bonds is 4. The Morgan fingerprint density at radius 3 is 2.67 bits per heavy atom. The number of halogens is 1. The minimum absolute atomic E-state index is 0.288. The lowest BCUT2D eigenvalue weighted by molar-refractivity contribution is 0.300. The van der Waals surface area contributed by atoms with E-state index >= 15 is 0 Å².